The first-order valence-electron chi connectivity index (χ1n) is 11.3. The highest BCUT2D eigenvalue weighted by atomic mass is 127. The highest BCUT2D eigenvalue weighted by molar-refractivity contribution is 14.0. The second-order valence-electron chi connectivity index (χ2n) is 8.53. The minimum Gasteiger partial charge on any atom is -0.357 e. The lowest BCUT2D eigenvalue weighted by atomic mass is 9.85. The van der Waals surface area contributed by atoms with Crippen molar-refractivity contribution in [2.24, 2.45) is 28.7 Å². The number of nitrogens with one attached hydrogen (secondary N) is 3. The number of hydrogen-bond acceptors (Lipinski definition) is 5. The number of halogens is 1. The zero-order valence-electron chi connectivity index (χ0n) is 18.9. The Bertz CT molecular complexity index is 918. The monoisotopic (exact) mass is 566 g/mol. The molecule has 3 N–H and O–H groups in total. The Hall–Kier alpha value is -2.50. The van der Waals surface area contributed by atoms with E-state index in [1.807, 2.05) is 19.9 Å². The van der Waals surface area contributed by atoms with Crippen LogP contribution in [0, 0.1) is 30.6 Å². The second kappa shape index (κ2) is 11.1. The Morgan fingerprint density at radius 1 is 1.15 bits per heavy atom. The van der Waals surface area contributed by atoms with Gasteiger partial charge in [0.25, 0.3) is 0 Å². The Morgan fingerprint density at radius 2 is 1.85 bits per heavy atom. The fourth-order valence-electron chi connectivity index (χ4n) is 4.83. The zero-order valence-corrected chi connectivity index (χ0v) is 21.2. The van der Waals surface area contributed by atoms with Gasteiger partial charge in [0.1, 0.15) is 5.82 Å². The van der Waals surface area contributed by atoms with Crippen molar-refractivity contribution in [1.29, 1.82) is 0 Å². The van der Waals surface area contributed by atoms with E-state index in [2.05, 4.69) is 38.1 Å². The average Bonchev–Trinajstić information content (AvgIpc) is 3.45. The van der Waals surface area contributed by atoms with E-state index in [1.54, 1.807) is 12.3 Å². The standard InChI is InChI=1S/C23H30N6O3.HI/c1-3-24-23(25-9-8-18(30)28-17-7-4-14(2)13-27-17)26-10-11-29-21(31)19-15-5-6-16(12-15)20(19)22(29)32;/h4-7,13,15-16,19-20H,3,8-12H2,1-2H3,(H2,24,25,26)(H,27,28,30);1H. The Kier molecular flexibility index (Phi) is 8.44. The van der Waals surface area contributed by atoms with Crippen molar-refractivity contribution in [3.8, 4) is 0 Å². The van der Waals surface area contributed by atoms with Gasteiger partial charge in [0.05, 0.1) is 18.4 Å². The molecule has 0 aromatic carbocycles. The maximum atomic E-state index is 12.8. The highest BCUT2D eigenvalue weighted by Crippen LogP contribution is 2.52. The van der Waals surface area contributed by atoms with Gasteiger partial charge in [-0.2, -0.15) is 0 Å². The van der Waals surface area contributed by atoms with Gasteiger partial charge in [-0.05, 0) is 43.7 Å². The molecule has 10 heteroatoms. The summed E-state index contributed by atoms with van der Waals surface area (Å²) < 4.78 is 0. The van der Waals surface area contributed by atoms with Crippen LogP contribution in [0.15, 0.2) is 35.5 Å². The number of aryl methyl sites for hydroxylation is 1. The Morgan fingerprint density at radius 3 is 2.45 bits per heavy atom. The molecule has 1 aromatic rings. The molecule has 4 rings (SSSR count). The molecule has 0 spiro atoms. The largest absolute Gasteiger partial charge is 0.357 e. The summed E-state index contributed by atoms with van der Waals surface area (Å²) in [4.78, 5) is 47.6. The lowest BCUT2D eigenvalue weighted by Gasteiger charge is -2.18. The summed E-state index contributed by atoms with van der Waals surface area (Å²) in [6, 6.07) is 3.65. The number of amides is 3. The predicted molar refractivity (Wildman–Crippen MR) is 136 cm³/mol. The molecule has 3 aliphatic rings. The smallest absolute Gasteiger partial charge is 0.233 e. The van der Waals surface area contributed by atoms with Crippen molar-refractivity contribution in [3.05, 3.63) is 36.0 Å². The van der Waals surface area contributed by atoms with Crippen molar-refractivity contribution in [2.75, 3.05) is 31.5 Å². The normalized spacial score (nSPS) is 25.2. The van der Waals surface area contributed by atoms with E-state index in [0.29, 0.717) is 38.0 Å². The van der Waals surface area contributed by atoms with Gasteiger partial charge in [0, 0.05) is 32.3 Å². The number of allylic oxidation sites excluding steroid dienone is 2. The number of nitrogens with zero attached hydrogens (tertiary/aromatic N) is 3. The molecular formula is C23H31IN6O3. The number of aliphatic imine (C=N–C) groups is 1. The Balaban J connectivity index is 0.00000306. The molecule has 9 nitrogen and oxygen atoms in total. The molecule has 2 bridgehead atoms. The fraction of sp³-hybridized carbons (Fsp3) is 0.522. The molecule has 33 heavy (non-hydrogen) atoms. The summed E-state index contributed by atoms with van der Waals surface area (Å²) in [5, 5.41) is 9.03. The van der Waals surface area contributed by atoms with Gasteiger partial charge in [-0.25, -0.2) is 4.98 Å². The summed E-state index contributed by atoms with van der Waals surface area (Å²) in [6.07, 6.45) is 7.04. The van der Waals surface area contributed by atoms with Crippen LogP contribution in [0.4, 0.5) is 5.82 Å². The van der Waals surface area contributed by atoms with E-state index in [1.165, 1.54) is 4.90 Å². The second-order valence-corrected chi connectivity index (χ2v) is 8.53. The topological polar surface area (TPSA) is 116 Å². The molecule has 3 amide bonds. The van der Waals surface area contributed by atoms with Crippen LogP contribution in [-0.2, 0) is 14.4 Å². The van der Waals surface area contributed by atoms with Gasteiger partial charge >= 0.3 is 0 Å². The first-order valence-corrected chi connectivity index (χ1v) is 11.3. The number of aromatic nitrogens is 1. The van der Waals surface area contributed by atoms with E-state index < -0.39 is 0 Å². The maximum absolute atomic E-state index is 12.8. The van der Waals surface area contributed by atoms with Crippen LogP contribution < -0.4 is 16.0 Å². The van der Waals surface area contributed by atoms with Crippen molar-refractivity contribution in [1.82, 2.24) is 20.5 Å². The number of carbonyl (C=O) groups excluding carboxylic acids is 3. The number of fused-ring (bicyclic) bond motifs is 5. The third-order valence-corrected chi connectivity index (χ3v) is 6.32. The summed E-state index contributed by atoms with van der Waals surface area (Å²) >= 11 is 0. The molecule has 4 unspecified atom stereocenters. The molecule has 2 aliphatic carbocycles. The average molecular weight is 566 g/mol. The minimum atomic E-state index is -0.166. The van der Waals surface area contributed by atoms with Crippen LogP contribution in [-0.4, -0.2) is 59.7 Å². The molecule has 178 valence electrons. The van der Waals surface area contributed by atoms with E-state index in [-0.39, 0.29) is 71.8 Å². The highest BCUT2D eigenvalue weighted by Gasteiger charge is 2.58. The lowest BCUT2D eigenvalue weighted by molar-refractivity contribution is -0.140. The molecule has 4 atom stereocenters. The Labute approximate surface area is 210 Å². The van der Waals surface area contributed by atoms with Gasteiger partial charge in [-0.15, -0.1) is 24.0 Å². The van der Waals surface area contributed by atoms with Crippen LogP contribution in [0.25, 0.3) is 0 Å². The number of pyridine rings is 1. The van der Waals surface area contributed by atoms with E-state index in [9.17, 15) is 14.4 Å². The third kappa shape index (κ3) is 5.53. The molecule has 0 radical (unpaired) electrons. The molecule has 2 fully saturated rings. The van der Waals surface area contributed by atoms with Crippen LogP contribution in [0.3, 0.4) is 0 Å². The summed E-state index contributed by atoms with van der Waals surface area (Å²) in [6.45, 7) is 5.56. The quantitative estimate of drug-likeness (QED) is 0.145. The van der Waals surface area contributed by atoms with Crippen LogP contribution >= 0.6 is 24.0 Å². The summed E-state index contributed by atoms with van der Waals surface area (Å²) in [5.74, 6) is 0.937. The number of anilines is 1. The molecular weight excluding hydrogens is 535 g/mol. The number of hydrogen-bond donors (Lipinski definition) is 3. The van der Waals surface area contributed by atoms with E-state index in [4.69, 9.17) is 0 Å². The van der Waals surface area contributed by atoms with Crippen molar-refractivity contribution in [3.63, 3.8) is 0 Å². The number of likely N-dealkylation sites (tertiary alicyclic amines) is 1. The zero-order chi connectivity index (χ0) is 22.7. The third-order valence-electron chi connectivity index (χ3n) is 6.32. The van der Waals surface area contributed by atoms with Gasteiger partial charge in [-0.1, -0.05) is 18.2 Å². The van der Waals surface area contributed by atoms with Crippen molar-refractivity contribution < 1.29 is 14.4 Å². The maximum Gasteiger partial charge on any atom is 0.233 e. The van der Waals surface area contributed by atoms with Crippen molar-refractivity contribution >= 4 is 53.5 Å². The van der Waals surface area contributed by atoms with Crippen LogP contribution in [0.2, 0.25) is 0 Å². The van der Waals surface area contributed by atoms with Crippen LogP contribution in [0.1, 0.15) is 25.3 Å². The summed E-state index contributed by atoms with van der Waals surface area (Å²) in [7, 11) is 0. The molecule has 1 saturated carbocycles. The number of imide groups is 1. The van der Waals surface area contributed by atoms with Gasteiger partial charge in [0.15, 0.2) is 5.96 Å². The summed E-state index contributed by atoms with van der Waals surface area (Å²) in [5.41, 5.74) is 1.03. The van der Waals surface area contributed by atoms with Crippen molar-refractivity contribution in [2.45, 2.75) is 26.7 Å². The van der Waals surface area contributed by atoms with Gasteiger partial charge in [-0.3, -0.25) is 24.3 Å². The lowest BCUT2D eigenvalue weighted by Crippen LogP contribution is -2.43. The van der Waals surface area contributed by atoms with Gasteiger partial charge < -0.3 is 16.0 Å². The molecule has 1 saturated heterocycles. The first-order chi connectivity index (χ1) is 15.5. The predicted octanol–water partition coefficient (Wildman–Crippen LogP) is 1.70. The molecule has 1 aromatic heterocycles. The van der Waals surface area contributed by atoms with Crippen LogP contribution in [0.5, 0.6) is 0 Å². The fourth-order valence-corrected chi connectivity index (χ4v) is 4.83. The SMILES string of the molecule is CCNC(=NCCC(=O)Nc1ccc(C)cn1)NCCN1C(=O)C2C3C=CC(C3)C2C1=O.I. The number of guanidine groups is 1. The van der Waals surface area contributed by atoms with E-state index >= 15 is 0 Å². The van der Waals surface area contributed by atoms with Gasteiger partial charge in [0.2, 0.25) is 17.7 Å². The molecule has 2 heterocycles. The molecule has 1 aliphatic heterocycles. The number of rotatable bonds is 8. The minimum absolute atomic E-state index is 0. The number of carbonyl (C=O) groups is 3. The van der Waals surface area contributed by atoms with E-state index in [0.717, 1.165) is 12.0 Å². The first kappa shape index (κ1) is 25.1.